The molecule has 3 amide bonds. The monoisotopic (exact) mass is 362 g/mol. The topological polar surface area (TPSA) is 208 Å². The Hall–Kier alpha value is -2.73. The fourth-order valence-corrected chi connectivity index (χ4v) is 1.52. The molecule has 3 atom stereocenters. The van der Waals surface area contributed by atoms with Gasteiger partial charge < -0.3 is 37.0 Å². The molecule has 0 rings (SSSR count). The molecule has 0 aromatic carbocycles. The second-order valence-electron chi connectivity index (χ2n) is 5.15. The first-order valence-corrected chi connectivity index (χ1v) is 7.26. The Bertz CT molecular complexity index is 522. The van der Waals surface area contributed by atoms with Crippen LogP contribution in [-0.4, -0.2) is 76.3 Å². The minimum Gasteiger partial charge on any atom is -0.481 e. The van der Waals surface area contributed by atoms with Crippen LogP contribution < -0.4 is 21.7 Å². The molecular formula is C13H22N4O8. The third-order valence-electron chi connectivity index (χ3n) is 2.97. The van der Waals surface area contributed by atoms with Gasteiger partial charge in [0.25, 0.3) is 0 Å². The molecule has 0 aliphatic heterocycles. The van der Waals surface area contributed by atoms with Gasteiger partial charge in [-0.05, 0) is 13.3 Å². The smallest absolute Gasteiger partial charge is 0.326 e. The first-order chi connectivity index (χ1) is 11.5. The Morgan fingerprint density at radius 2 is 1.56 bits per heavy atom. The van der Waals surface area contributed by atoms with Gasteiger partial charge in [-0.2, -0.15) is 0 Å². The van der Waals surface area contributed by atoms with Gasteiger partial charge in [0, 0.05) is 6.42 Å². The maximum absolute atomic E-state index is 11.6. The molecule has 0 bridgehead atoms. The van der Waals surface area contributed by atoms with Crippen molar-refractivity contribution < 1.29 is 39.3 Å². The van der Waals surface area contributed by atoms with Crippen LogP contribution in [0.4, 0.5) is 0 Å². The highest BCUT2D eigenvalue weighted by Crippen LogP contribution is 1.97. The summed E-state index contributed by atoms with van der Waals surface area (Å²) in [6.45, 7) is 0.250. The minimum atomic E-state index is -1.40. The van der Waals surface area contributed by atoms with Gasteiger partial charge in [0.05, 0.1) is 19.2 Å². The Morgan fingerprint density at radius 3 is 2.04 bits per heavy atom. The number of hydrogen-bond acceptors (Lipinski definition) is 7. The number of aliphatic hydroxyl groups is 1. The van der Waals surface area contributed by atoms with Crippen molar-refractivity contribution in [2.45, 2.75) is 38.0 Å². The van der Waals surface area contributed by atoms with E-state index in [-0.39, 0.29) is 6.42 Å². The van der Waals surface area contributed by atoms with Gasteiger partial charge in [0.15, 0.2) is 0 Å². The van der Waals surface area contributed by atoms with Gasteiger partial charge in [0.1, 0.15) is 12.1 Å². The normalized spacial score (nSPS) is 13.9. The number of carboxylic acids is 2. The number of amides is 3. The van der Waals surface area contributed by atoms with Crippen molar-refractivity contribution in [3.63, 3.8) is 0 Å². The zero-order valence-electron chi connectivity index (χ0n) is 13.5. The number of rotatable bonds is 11. The van der Waals surface area contributed by atoms with Gasteiger partial charge in [-0.25, -0.2) is 4.79 Å². The number of carboxylic acid groups (broad SMARTS) is 2. The van der Waals surface area contributed by atoms with Crippen LogP contribution in [0.3, 0.4) is 0 Å². The van der Waals surface area contributed by atoms with Crippen molar-refractivity contribution in [3.05, 3.63) is 0 Å². The summed E-state index contributed by atoms with van der Waals surface area (Å²) in [4.78, 5) is 55.8. The highest BCUT2D eigenvalue weighted by atomic mass is 16.4. The minimum absolute atomic E-state index is 0.308. The van der Waals surface area contributed by atoms with E-state index in [0.717, 1.165) is 0 Å². The summed E-state index contributed by atoms with van der Waals surface area (Å²) in [7, 11) is 0. The molecule has 0 aliphatic rings. The van der Waals surface area contributed by atoms with Gasteiger partial charge in [-0.15, -0.1) is 0 Å². The van der Waals surface area contributed by atoms with Crippen molar-refractivity contribution in [1.82, 2.24) is 16.0 Å². The molecule has 3 unspecified atom stereocenters. The Kier molecular flexibility index (Phi) is 9.74. The molecule has 142 valence electrons. The van der Waals surface area contributed by atoms with Crippen molar-refractivity contribution in [3.8, 4) is 0 Å². The molecule has 12 nitrogen and oxygen atoms in total. The summed E-state index contributed by atoms with van der Waals surface area (Å²) in [6.07, 6.45) is -1.86. The third kappa shape index (κ3) is 9.88. The van der Waals surface area contributed by atoms with Crippen LogP contribution in [0, 0.1) is 0 Å². The van der Waals surface area contributed by atoms with Gasteiger partial charge in [-0.1, -0.05) is 0 Å². The fraction of sp³-hybridized carbons (Fsp3) is 0.615. The fourth-order valence-electron chi connectivity index (χ4n) is 1.52. The molecule has 0 heterocycles. The number of aliphatic hydroxyl groups excluding tert-OH is 1. The van der Waals surface area contributed by atoms with Crippen LogP contribution in [-0.2, 0) is 24.0 Å². The van der Waals surface area contributed by atoms with E-state index in [4.69, 9.17) is 21.1 Å². The molecule has 0 aromatic rings. The Morgan fingerprint density at radius 1 is 1.00 bits per heavy atom. The summed E-state index contributed by atoms with van der Waals surface area (Å²) in [5, 5.41) is 32.9. The number of carbonyl (C=O) groups excluding carboxylic acids is 3. The van der Waals surface area contributed by atoms with Crippen LogP contribution in [0.1, 0.15) is 19.8 Å². The Balaban J connectivity index is 4.22. The predicted octanol–water partition coefficient (Wildman–Crippen LogP) is -3.64. The summed E-state index contributed by atoms with van der Waals surface area (Å²) in [5.41, 5.74) is 5.35. The lowest BCUT2D eigenvalue weighted by molar-refractivity contribution is -0.143. The maximum atomic E-state index is 11.6. The van der Waals surface area contributed by atoms with Crippen molar-refractivity contribution in [1.29, 1.82) is 0 Å². The lowest BCUT2D eigenvalue weighted by Crippen LogP contribution is -2.50. The lowest BCUT2D eigenvalue weighted by atomic mass is 10.1. The average molecular weight is 362 g/mol. The van der Waals surface area contributed by atoms with Crippen LogP contribution in [0.2, 0.25) is 0 Å². The highest BCUT2D eigenvalue weighted by Gasteiger charge is 2.22. The summed E-state index contributed by atoms with van der Waals surface area (Å²) >= 11 is 0. The second-order valence-corrected chi connectivity index (χ2v) is 5.15. The zero-order chi connectivity index (χ0) is 19.6. The van der Waals surface area contributed by atoms with Gasteiger partial charge >= 0.3 is 11.9 Å². The SMILES string of the molecule is CC(O)C(N)C(=O)NCC(=O)NCC(=O)NC(CCC(=O)O)C(=O)O. The predicted molar refractivity (Wildman–Crippen MR) is 82.1 cm³/mol. The summed E-state index contributed by atoms with van der Waals surface area (Å²) in [6, 6.07) is -2.61. The van der Waals surface area contributed by atoms with E-state index in [0.29, 0.717) is 0 Å². The van der Waals surface area contributed by atoms with E-state index < -0.39 is 67.4 Å². The van der Waals surface area contributed by atoms with Crippen LogP contribution in [0.25, 0.3) is 0 Å². The quantitative estimate of drug-likeness (QED) is 0.193. The number of nitrogens with one attached hydrogen (secondary N) is 3. The van der Waals surface area contributed by atoms with Crippen molar-refractivity contribution in [2.75, 3.05) is 13.1 Å². The first-order valence-electron chi connectivity index (χ1n) is 7.26. The van der Waals surface area contributed by atoms with E-state index in [2.05, 4.69) is 16.0 Å². The first kappa shape index (κ1) is 22.3. The summed E-state index contributed by atoms with van der Waals surface area (Å²) < 4.78 is 0. The molecule has 0 spiro atoms. The molecule has 12 heteroatoms. The van der Waals surface area contributed by atoms with Crippen LogP contribution in [0.5, 0.6) is 0 Å². The lowest BCUT2D eigenvalue weighted by Gasteiger charge is -2.15. The molecular weight excluding hydrogens is 340 g/mol. The van der Waals surface area contributed by atoms with Crippen molar-refractivity contribution in [2.24, 2.45) is 5.73 Å². The average Bonchev–Trinajstić information content (AvgIpc) is 2.52. The second kappa shape index (κ2) is 10.9. The molecule has 0 aliphatic carbocycles. The molecule has 0 saturated carbocycles. The molecule has 25 heavy (non-hydrogen) atoms. The molecule has 0 aromatic heterocycles. The molecule has 0 radical (unpaired) electrons. The summed E-state index contributed by atoms with van der Waals surface area (Å²) in [5.74, 6) is -4.94. The maximum Gasteiger partial charge on any atom is 0.326 e. The van der Waals surface area contributed by atoms with Gasteiger partial charge in [0.2, 0.25) is 17.7 Å². The van der Waals surface area contributed by atoms with E-state index in [9.17, 15) is 24.0 Å². The standard InChI is InChI=1S/C13H22N4O8/c1-6(18)11(14)12(23)16-4-8(19)15-5-9(20)17-7(13(24)25)2-3-10(21)22/h6-7,11,18H,2-5,14H2,1H3,(H,15,19)(H,16,23)(H,17,20)(H,21,22)(H,24,25). The molecule has 0 fully saturated rings. The van der Waals surface area contributed by atoms with Gasteiger partial charge in [-0.3, -0.25) is 19.2 Å². The van der Waals surface area contributed by atoms with Crippen molar-refractivity contribution >= 4 is 29.7 Å². The number of carbonyl (C=O) groups is 5. The zero-order valence-corrected chi connectivity index (χ0v) is 13.5. The van der Waals surface area contributed by atoms with Crippen LogP contribution >= 0.6 is 0 Å². The van der Waals surface area contributed by atoms with Crippen LogP contribution in [0.15, 0.2) is 0 Å². The number of hydrogen-bond donors (Lipinski definition) is 7. The van der Waals surface area contributed by atoms with E-state index in [1.807, 2.05) is 0 Å². The number of nitrogens with two attached hydrogens (primary N) is 1. The third-order valence-corrected chi connectivity index (χ3v) is 2.97. The van der Waals surface area contributed by atoms with E-state index >= 15 is 0 Å². The van der Waals surface area contributed by atoms with E-state index in [1.54, 1.807) is 0 Å². The largest absolute Gasteiger partial charge is 0.481 e. The number of aliphatic carboxylic acids is 2. The molecule has 8 N–H and O–H groups in total. The highest BCUT2D eigenvalue weighted by molar-refractivity contribution is 5.90. The Labute approximate surface area is 142 Å². The van der Waals surface area contributed by atoms with E-state index in [1.165, 1.54) is 6.92 Å². The molecule has 0 saturated heterocycles.